The highest BCUT2D eigenvalue weighted by atomic mass is 32.2. The Bertz CT molecular complexity index is 554. The van der Waals surface area contributed by atoms with Crippen molar-refractivity contribution in [3.05, 3.63) is 35.4 Å². The summed E-state index contributed by atoms with van der Waals surface area (Å²) in [6.45, 7) is 1.44. The van der Waals surface area contributed by atoms with Crippen LogP contribution in [0.4, 0.5) is 0 Å². The number of amides is 1. The Morgan fingerprint density at radius 1 is 1.41 bits per heavy atom. The van der Waals surface area contributed by atoms with Gasteiger partial charge in [-0.05, 0) is 30.5 Å². The maximum absolute atomic E-state index is 12.1. The number of benzene rings is 1. The van der Waals surface area contributed by atoms with Crippen LogP contribution in [0.1, 0.15) is 34.1 Å². The first-order valence-electron chi connectivity index (χ1n) is 7.40. The smallest absolute Gasteiger partial charge is 0.337 e. The molecule has 0 bridgehead atoms. The summed E-state index contributed by atoms with van der Waals surface area (Å²) in [6, 6.07) is 7.28. The van der Waals surface area contributed by atoms with Crippen LogP contribution in [-0.2, 0) is 14.3 Å². The molecule has 1 amide bonds. The van der Waals surface area contributed by atoms with E-state index in [1.807, 2.05) is 17.0 Å². The standard InChI is InChI=1S/C16H19NO4S/c1-20-16(19)12-6-4-11(5-7-12)15-17(14(18)10-22-15)9-13-3-2-8-21-13/h4-7,13,15H,2-3,8-10H2,1H3. The molecule has 2 fully saturated rings. The van der Waals surface area contributed by atoms with E-state index in [-0.39, 0.29) is 23.4 Å². The fourth-order valence-electron chi connectivity index (χ4n) is 2.84. The molecule has 0 aliphatic carbocycles. The molecule has 2 atom stereocenters. The van der Waals surface area contributed by atoms with Gasteiger partial charge in [-0.25, -0.2) is 4.79 Å². The van der Waals surface area contributed by atoms with E-state index < -0.39 is 0 Å². The van der Waals surface area contributed by atoms with Gasteiger partial charge in [0.2, 0.25) is 5.91 Å². The van der Waals surface area contributed by atoms with Crippen molar-refractivity contribution in [2.24, 2.45) is 0 Å². The van der Waals surface area contributed by atoms with Crippen LogP contribution in [0.15, 0.2) is 24.3 Å². The van der Waals surface area contributed by atoms with E-state index in [1.165, 1.54) is 7.11 Å². The molecule has 0 N–H and O–H groups in total. The second-order valence-corrected chi connectivity index (χ2v) is 6.53. The third-order valence-corrected chi connectivity index (χ3v) is 5.27. The van der Waals surface area contributed by atoms with E-state index in [4.69, 9.17) is 9.47 Å². The Labute approximate surface area is 134 Å². The summed E-state index contributed by atoms with van der Waals surface area (Å²) in [6.07, 6.45) is 2.24. The third kappa shape index (κ3) is 3.13. The van der Waals surface area contributed by atoms with Gasteiger partial charge in [0, 0.05) is 13.2 Å². The van der Waals surface area contributed by atoms with E-state index in [2.05, 4.69) is 0 Å². The Morgan fingerprint density at radius 2 is 2.18 bits per heavy atom. The van der Waals surface area contributed by atoms with Gasteiger partial charge >= 0.3 is 5.97 Å². The average Bonchev–Trinajstić information content (AvgIpc) is 3.18. The number of methoxy groups -OCH3 is 1. The van der Waals surface area contributed by atoms with E-state index in [1.54, 1.807) is 23.9 Å². The van der Waals surface area contributed by atoms with Crippen molar-refractivity contribution in [2.75, 3.05) is 26.0 Å². The lowest BCUT2D eigenvalue weighted by atomic mass is 10.1. The summed E-state index contributed by atoms with van der Waals surface area (Å²) in [5.74, 6) is 0.302. The zero-order valence-electron chi connectivity index (χ0n) is 12.5. The van der Waals surface area contributed by atoms with Crippen molar-refractivity contribution in [3.63, 3.8) is 0 Å². The molecular weight excluding hydrogens is 302 g/mol. The average molecular weight is 321 g/mol. The molecular formula is C16H19NO4S. The molecule has 22 heavy (non-hydrogen) atoms. The Balaban J connectivity index is 1.74. The summed E-state index contributed by atoms with van der Waals surface area (Å²) in [4.78, 5) is 25.5. The van der Waals surface area contributed by atoms with Gasteiger partial charge in [0.1, 0.15) is 5.37 Å². The fraction of sp³-hybridized carbons (Fsp3) is 0.500. The quantitative estimate of drug-likeness (QED) is 0.796. The van der Waals surface area contributed by atoms with E-state index in [0.717, 1.165) is 25.0 Å². The van der Waals surface area contributed by atoms with Gasteiger partial charge in [0.25, 0.3) is 0 Å². The van der Waals surface area contributed by atoms with Gasteiger partial charge in [0.05, 0.1) is 24.5 Å². The maximum atomic E-state index is 12.1. The number of carbonyl (C=O) groups is 2. The Kier molecular flexibility index (Phi) is 4.69. The molecule has 2 heterocycles. The second kappa shape index (κ2) is 6.71. The SMILES string of the molecule is COC(=O)c1ccc(C2SCC(=O)N2CC2CCCO2)cc1. The van der Waals surface area contributed by atoms with Crippen LogP contribution < -0.4 is 0 Å². The lowest BCUT2D eigenvalue weighted by Gasteiger charge is -2.26. The normalized spacial score (nSPS) is 24.8. The maximum Gasteiger partial charge on any atom is 0.337 e. The molecule has 0 aromatic heterocycles. The molecule has 2 aliphatic heterocycles. The van der Waals surface area contributed by atoms with Crippen molar-refractivity contribution in [2.45, 2.75) is 24.3 Å². The number of thioether (sulfide) groups is 1. The van der Waals surface area contributed by atoms with Crippen LogP contribution in [0.2, 0.25) is 0 Å². The van der Waals surface area contributed by atoms with E-state index in [9.17, 15) is 9.59 Å². The number of carbonyl (C=O) groups excluding carboxylic acids is 2. The van der Waals surface area contributed by atoms with Crippen LogP contribution in [0.5, 0.6) is 0 Å². The van der Waals surface area contributed by atoms with E-state index in [0.29, 0.717) is 17.9 Å². The first-order valence-corrected chi connectivity index (χ1v) is 8.45. The number of hydrogen-bond donors (Lipinski definition) is 0. The molecule has 0 spiro atoms. The number of rotatable bonds is 4. The van der Waals surface area contributed by atoms with Crippen LogP contribution in [0.3, 0.4) is 0 Å². The monoisotopic (exact) mass is 321 g/mol. The highest BCUT2D eigenvalue weighted by Crippen LogP contribution is 2.39. The third-order valence-electron chi connectivity index (χ3n) is 4.01. The lowest BCUT2D eigenvalue weighted by Crippen LogP contribution is -2.35. The molecule has 2 aliphatic rings. The number of ether oxygens (including phenoxy) is 2. The molecule has 1 aromatic carbocycles. The molecule has 118 valence electrons. The highest BCUT2D eigenvalue weighted by Gasteiger charge is 2.35. The minimum Gasteiger partial charge on any atom is -0.465 e. The number of esters is 1. The van der Waals surface area contributed by atoms with Crippen LogP contribution in [0, 0.1) is 0 Å². The first kappa shape index (κ1) is 15.4. The molecule has 0 saturated carbocycles. The van der Waals surface area contributed by atoms with Crippen molar-refractivity contribution in [3.8, 4) is 0 Å². The van der Waals surface area contributed by atoms with Gasteiger partial charge in [-0.2, -0.15) is 0 Å². The molecule has 2 saturated heterocycles. The predicted molar refractivity (Wildman–Crippen MR) is 83.7 cm³/mol. The van der Waals surface area contributed by atoms with Crippen LogP contribution >= 0.6 is 11.8 Å². The van der Waals surface area contributed by atoms with Gasteiger partial charge in [0.15, 0.2) is 0 Å². The van der Waals surface area contributed by atoms with Crippen molar-refractivity contribution >= 4 is 23.6 Å². The van der Waals surface area contributed by atoms with Crippen molar-refractivity contribution < 1.29 is 19.1 Å². The van der Waals surface area contributed by atoms with E-state index >= 15 is 0 Å². The van der Waals surface area contributed by atoms with Gasteiger partial charge in [-0.1, -0.05) is 12.1 Å². The predicted octanol–water partition coefficient (Wildman–Crippen LogP) is 2.23. The van der Waals surface area contributed by atoms with Crippen LogP contribution in [-0.4, -0.2) is 48.9 Å². The Hall–Kier alpha value is -1.53. The van der Waals surface area contributed by atoms with Gasteiger partial charge < -0.3 is 14.4 Å². The molecule has 1 aromatic rings. The van der Waals surface area contributed by atoms with Crippen LogP contribution in [0.25, 0.3) is 0 Å². The molecule has 6 heteroatoms. The minimum atomic E-state index is -0.349. The largest absolute Gasteiger partial charge is 0.465 e. The summed E-state index contributed by atoms with van der Waals surface area (Å²) in [5, 5.41) is 0.00315. The summed E-state index contributed by atoms with van der Waals surface area (Å²) >= 11 is 1.62. The topological polar surface area (TPSA) is 55.8 Å². The zero-order valence-corrected chi connectivity index (χ0v) is 13.3. The number of hydrogen-bond acceptors (Lipinski definition) is 5. The second-order valence-electron chi connectivity index (χ2n) is 5.46. The van der Waals surface area contributed by atoms with Gasteiger partial charge in [-0.15, -0.1) is 11.8 Å². The van der Waals surface area contributed by atoms with Gasteiger partial charge in [-0.3, -0.25) is 4.79 Å². The summed E-state index contributed by atoms with van der Waals surface area (Å²) < 4.78 is 10.4. The lowest BCUT2D eigenvalue weighted by molar-refractivity contribution is -0.129. The Morgan fingerprint density at radius 3 is 2.82 bits per heavy atom. The highest BCUT2D eigenvalue weighted by molar-refractivity contribution is 8.00. The minimum absolute atomic E-state index is 0.00315. The summed E-state index contributed by atoms with van der Waals surface area (Å²) in [5.41, 5.74) is 1.55. The first-order chi connectivity index (χ1) is 10.7. The number of nitrogens with zero attached hydrogens (tertiary/aromatic N) is 1. The van der Waals surface area contributed by atoms with Crippen molar-refractivity contribution in [1.29, 1.82) is 0 Å². The molecule has 3 rings (SSSR count). The summed E-state index contributed by atoms with van der Waals surface area (Å²) in [7, 11) is 1.37. The van der Waals surface area contributed by atoms with Crippen molar-refractivity contribution in [1.82, 2.24) is 4.90 Å². The molecule has 0 radical (unpaired) electrons. The molecule has 5 nitrogen and oxygen atoms in total. The molecule has 2 unspecified atom stereocenters. The fourth-order valence-corrected chi connectivity index (χ4v) is 4.04. The zero-order chi connectivity index (χ0) is 15.5.